The lowest BCUT2D eigenvalue weighted by Crippen LogP contribution is -2.27. The summed E-state index contributed by atoms with van der Waals surface area (Å²) in [5.74, 6) is 0.689. The van der Waals surface area contributed by atoms with Crippen molar-refractivity contribution >= 4 is 17.7 Å². The fraction of sp³-hybridized carbons (Fsp3) is 0.300. The first kappa shape index (κ1) is 18.6. The van der Waals surface area contributed by atoms with Crippen LogP contribution in [-0.4, -0.2) is 38.0 Å². The minimum absolute atomic E-state index is 0.102. The highest BCUT2D eigenvalue weighted by atomic mass is 32.2. The van der Waals surface area contributed by atoms with E-state index in [-0.39, 0.29) is 17.5 Å². The average Bonchev–Trinajstić information content (AvgIpc) is 3.47. The van der Waals surface area contributed by atoms with Crippen molar-refractivity contribution in [1.29, 1.82) is 0 Å². The highest BCUT2D eigenvalue weighted by Crippen LogP contribution is 2.40. The molecule has 144 valence electrons. The molecule has 1 aliphatic carbocycles. The van der Waals surface area contributed by atoms with Crippen LogP contribution >= 0.6 is 11.8 Å². The van der Waals surface area contributed by atoms with Crippen molar-refractivity contribution in [3.8, 4) is 11.4 Å². The van der Waals surface area contributed by atoms with Crippen LogP contribution in [0.5, 0.6) is 0 Å². The van der Waals surface area contributed by atoms with Crippen LogP contribution in [0.15, 0.2) is 53.9 Å². The third kappa shape index (κ3) is 4.39. The van der Waals surface area contributed by atoms with E-state index < -0.39 is 0 Å². The van der Waals surface area contributed by atoms with Crippen LogP contribution < -0.4 is 5.32 Å². The van der Waals surface area contributed by atoms with Gasteiger partial charge in [-0.2, -0.15) is 0 Å². The van der Waals surface area contributed by atoms with Crippen molar-refractivity contribution in [1.82, 2.24) is 25.1 Å². The van der Waals surface area contributed by atoms with Gasteiger partial charge in [-0.1, -0.05) is 30.0 Å². The predicted molar refractivity (Wildman–Crippen MR) is 105 cm³/mol. The molecule has 1 aliphatic rings. The van der Waals surface area contributed by atoms with Crippen molar-refractivity contribution in [2.45, 2.75) is 30.5 Å². The molecular formula is C20H20FN5OS. The summed E-state index contributed by atoms with van der Waals surface area (Å²) in [6.07, 6.45) is 6.14. The van der Waals surface area contributed by atoms with E-state index in [2.05, 4.69) is 25.1 Å². The Morgan fingerprint density at radius 1 is 1.21 bits per heavy atom. The number of aromatic nitrogens is 4. The molecule has 28 heavy (non-hydrogen) atoms. The highest BCUT2D eigenvalue weighted by Gasteiger charge is 2.30. The SMILES string of the molecule is O=C(CSc1nnc(-c2cccnc2)n1C1CC1)NCCc1ccccc1F. The van der Waals surface area contributed by atoms with Gasteiger partial charge in [0.25, 0.3) is 0 Å². The Morgan fingerprint density at radius 3 is 2.82 bits per heavy atom. The van der Waals surface area contributed by atoms with Gasteiger partial charge in [-0.3, -0.25) is 14.3 Å². The number of hydrogen-bond acceptors (Lipinski definition) is 5. The van der Waals surface area contributed by atoms with Gasteiger partial charge in [0.05, 0.1) is 5.75 Å². The van der Waals surface area contributed by atoms with E-state index in [4.69, 9.17) is 0 Å². The number of halogens is 1. The minimum Gasteiger partial charge on any atom is -0.355 e. The predicted octanol–water partition coefficient (Wildman–Crippen LogP) is 3.27. The molecule has 3 aromatic rings. The smallest absolute Gasteiger partial charge is 0.230 e. The fourth-order valence-electron chi connectivity index (χ4n) is 2.95. The van der Waals surface area contributed by atoms with Crippen LogP contribution in [0, 0.1) is 5.82 Å². The van der Waals surface area contributed by atoms with Gasteiger partial charge >= 0.3 is 0 Å². The van der Waals surface area contributed by atoms with E-state index >= 15 is 0 Å². The number of nitrogens with one attached hydrogen (secondary N) is 1. The molecule has 0 atom stereocenters. The molecule has 0 bridgehead atoms. The Balaban J connectivity index is 1.34. The lowest BCUT2D eigenvalue weighted by Gasteiger charge is -2.09. The molecule has 2 heterocycles. The van der Waals surface area contributed by atoms with Crippen LogP contribution in [0.1, 0.15) is 24.4 Å². The molecule has 4 rings (SSSR count). The van der Waals surface area contributed by atoms with Gasteiger partial charge in [-0.15, -0.1) is 10.2 Å². The number of nitrogens with zero attached hydrogens (tertiary/aromatic N) is 4. The Bertz CT molecular complexity index is 958. The summed E-state index contributed by atoms with van der Waals surface area (Å²) < 4.78 is 15.7. The maximum atomic E-state index is 13.6. The second-order valence-corrected chi connectivity index (χ2v) is 7.57. The molecular weight excluding hydrogens is 377 g/mol. The summed E-state index contributed by atoms with van der Waals surface area (Å²) in [5, 5.41) is 12.2. The monoisotopic (exact) mass is 397 g/mol. The first-order valence-corrected chi connectivity index (χ1v) is 10.2. The van der Waals surface area contributed by atoms with Gasteiger partial charge < -0.3 is 5.32 Å². The zero-order valence-corrected chi connectivity index (χ0v) is 16.0. The van der Waals surface area contributed by atoms with E-state index in [0.717, 1.165) is 29.4 Å². The largest absolute Gasteiger partial charge is 0.355 e. The van der Waals surface area contributed by atoms with Crippen molar-refractivity contribution in [2.24, 2.45) is 0 Å². The van der Waals surface area contributed by atoms with E-state index in [1.807, 2.05) is 12.1 Å². The van der Waals surface area contributed by atoms with Gasteiger partial charge in [0, 0.05) is 30.5 Å². The first-order valence-electron chi connectivity index (χ1n) is 9.20. The summed E-state index contributed by atoms with van der Waals surface area (Å²) in [6, 6.07) is 10.8. The molecule has 0 aliphatic heterocycles. The lowest BCUT2D eigenvalue weighted by molar-refractivity contribution is -0.118. The quantitative estimate of drug-likeness (QED) is 0.591. The van der Waals surface area contributed by atoms with Crippen molar-refractivity contribution in [3.63, 3.8) is 0 Å². The molecule has 0 saturated heterocycles. The summed E-state index contributed by atoms with van der Waals surface area (Å²) in [6.45, 7) is 0.399. The van der Waals surface area contributed by atoms with Crippen LogP contribution in [0.2, 0.25) is 0 Å². The van der Waals surface area contributed by atoms with Crippen molar-refractivity contribution in [2.75, 3.05) is 12.3 Å². The number of thioether (sulfide) groups is 1. The number of amides is 1. The minimum atomic E-state index is -0.244. The maximum absolute atomic E-state index is 13.6. The fourth-order valence-corrected chi connectivity index (χ4v) is 3.78. The summed E-state index contributed by atoms with van der Waals surface area (Å²) >= 11 is 1.37. The van der Waals surface area contributed by atoms with Gasteiger partial charge in [-0.25, -0.2) is 4.39 Å². The normalized spacial score (nSPS) is 13.5. The zero-order chi connectivity index (χ0) is 19.3. The van der Waals surface area contributed by atoms with Gasteiger partial charge in [-0.05, 0) is 43.0 Å². The molecule has 0 spiro atoms. The van der Waals surface area contributed by atoms with Crippen LogP contribution in [0.4, 0.5) is 4.39 Å². The molecule has 1 fully saturated rings. The molecule has 1 N–H and O–H groups in total. The van der Waals surface area contributed by atoms with E-state index in [0.29, 0.717) is 24.6 Å². The molecule has 6 nitrogen and oxygen atoms in total. The van der Waals surface area contributed by atoms with Crippen molar-refractivity contribution in [3.05, 3.63) is 60.2 Å². The highest BCUT2D eigenvalue weighted by molar-refractivity contribution is 7.99. The molecule has 1 amide bonds. The Morgan fingerprint density at radius 2 is 2.07 bits per heavy atom. The summed E-state index contributed by atoms with van der Waals surface area (Å²) in [5.41, 5.74) is 1.52. The third-order valence-corrected chi connectivity index (χ3v) is 5.45. The lowest BCUT2D eigenvalue weighted by atomic mass is 10.1. The second-order valence-electron chi connectivity index (χ2n) is 6.63. The molecule has 8 heteroatoms. The van der Waals surface area contributed by atoms with E-state index in [1.54, 1.807) is 30.6 Å². The van der Waals surface area contributed by atoms with Gasteiger partial charge in [0.2, 0.25) is 5.91 Å². The third-order valence-electron chi connectivity index (χ3n) is 4.50. The molecule has 0 radical (unpaired) electrons. The summed E-state index contributed by atoms with van der Waals surface area (Å²) in [4.78, 5) is 16.3. The van der Waals surface area contributed by atoms with Crippen LogP contribution in [-0.2, 0) is 11.2 Å². The van der Waals surface area contributed by atoms with Gasteiger partial charge in [0.15, 0.2) is 11.0 Å². The first-order chi connectivity index (χ1) is 13.7. The number of carbonyl (C=O) groups excluding carboxylic acids is 1. The van der Waals surface area contributed by atoms with E-state index in [1.165, 1.54) is 17.8 Å². The second kappa shape index (κ2) is 8.52. The standard InChI is InChI=1S/C20H20FN5OS/c21-17-6-2-1-4-14(17)9-11-23-18(27)13-28-20-25-24-19(26(20)16-7-8-16)15-5-3-10-22-12-15/h1-6,10,12,16H,7-9,11,13H2,(H,23,27). The van der Waals surface area contributed by atoms with Gasteiger partial charge in [0.1, 0.15) is 5.82 Å². The average molecular weight is 397 g/mol. The van der Waals surface area contributed by atoms with Crippen LogP contribution in [0.25, 0.3) is 11.4 Å². The number of pyridine rings is 1. The zero-order valence-electron chi connectivity index (χ0n) is 15.2. The number of rotatable bonds is 8. The molecule has 1 saturated carbocycles. The number of benzene rings is 1. The molecule has 2 aromatic heterocycles. The Labute approximate surface area is 166 Å². The maximum Gasteiger partial charge on any atom is 0.230 e. The topological polar surface area (TPSA) is 72.7 Å². The molecule has 0 unspecified atom stereocenters. The summed E-state index contributed by atoms with van der Waals surface area (Å²) in [7, 11) is 0. The van der Waals surface area contributed by atoms with Crippen molar-refractivity contribution < 1.29 is 9.18 Å². The Kier molecular flexibility index (Phi) is 5.66. The number of hydrogen-bond donors (Lipinski definition) is 1. The van der Waals surface area contributed by atoms with Crippen LogP contribution in [0.3, 0.4) is 0 Å². The molecule has 1 aromatic carbocycles. The number of carbonyl (C=O) groups is 1. The van der Waals surface area contributed by atoms with E-state index in [9.17, 15) is 9.18 Å². The Hall–Kier alpha value is -2.74.